The maximum Gasteiger partial charge on any atom is 0.438 e. The molecular formula is C9H9ClF3NO2S. The highest BCUT2D eigenvalue weighted by molar-refractivity contribution is 7.17. The van der Waals surface area contributed by atoms with E-state index in [-0.39, 0.29) is 10.9 Å². The molecule has 0 amide bonds. The normalized spacial score (nSPS) is 11.6. The monoisotopic (exact) mass is 287 g/mol. The summed E-state index contributed by atoms with van der Waals surface area (Å²) in [5.41, 5.74) is -1.25. The predicted molar refractivity (Wildman–Crippen MR) is 57.3 cm³/mol. The summed E-state index contributed by atoms with van der Waals surface area (Å²) in [5, 5.41) is -0.594. The maximum absolute atomic E-state index is 12.5. The number of thiazole rings is 1. The van der Waals surface area contributed by atoms with E-state index < -0.39 is 22.9 Å². The lowest BCUT2D eigenvalue weighted by molar-refractivity contribution is -0.144. The van der Waals surface area contributed by atoms with E-state index in [9.17, 15) is 18.0 Å². The molecule has 1 aromatic heterocycles. The number of aromatic nitrogens is 1. The van der Waals surface area contributed by atoms with Crippen molar-refractivity contribution in [1.82, 2.24) is 4.98 Å². The van der Waals surface area contributed by atoms with Gasteiger partial charge in [-0.05, 0) is 6.42 Å². The summed E-state index contributed by atoms with van der Waals surface area (Å²) in [6.07, 6.45) is -3.29. The second kappa shape index (κ2) is 5.68. The molecule has 17 heavy (non-hydrogen) atoms. The van der Waals surface area contributed by atoms with Crippen molar-refractivity contribution in [2.24, 2.45) is 0 Å². The number of unbranched alkanes of at least 4 members (excludes halogenated alkanes) is 1. The average molecular weight is 288 g/mol. The molecule has 0 saturated carbocycles. The molecule has 0 aliphatic rings. The first-order valence-corrected chi connectivity index (χ1v) is 5.98. The van der Waals surface area contributed by atoms with Crippen LogP contribution in [0.3, 0.4) is 0 Å². The Morgan fingerprint density at radius 1 is 1.53 bits per heavy atom. The molecule has 0 unspecified atom stereocenters. The molecular weight excluding hydrogens is 279 g/mol. The molecule has 0 N–H and O–H groups in total. The third kappa shape index (κ3) is 4.16. The van der Waals surface area contributed by atoms with Crippen molar-refractivity contribution in [2.75, 3.05) is 0 Å². The molecule has 0 aliphatic heterocycles. The lowest BCUT2D eigenvalue weighted by Crippen LogP contribution is -2.12. The van der Waals surface area contributed by atoms with Gasteiger partial charge in [-0.1, -0.05) is 36.3 Å². The minimum atomic E-state index is -4.68. The van der Waals surface area contributed by atoms with Crippen molar-refractivity contribution in [3.05, 3.63) is 10.2 Å². The zero-order valence-electron chi connectivity index (χ0n) is 8.81. The van der Waals surface area contributed by atoms with Crippen LogP contribution in [0.15, 0.2) is 0 Å². The van der Waals surface area contributed by atoms with Crippen LogP contribution in [0.2, 0.25) is 4.47 Å². The summed E-state index contributed by atoms with van der Waals surface area (Å²) in [6, 6.07) is 0. The standard InChI is InChI=1S/C9H9ClF3NO2S/c1-2-3-4-5(15)16-7-6(9(11,12)13)14-8(10)17-7/h2-4H2,1H3. The fourth-order valence-corrected chi connectivity index (χ4v) is 1.98. The van der Waals surface area contributed by atoms with Crippen LogP contribution < -0.4 is 4.74 Å². The number of halogens is 4. The molecule has 0 spiro atoms. The SMILES string of the molecule is CCCCC(=O)Oc1sc(Cl)nc1C(F)(F)F. The van der Waals surface area contributed by atoms with Gasteiger partial charge in [-0.3, -0.25) is 4.79 Å². The van der Waals surface area contributed by atoms with Gasteiger partial charge in [-0.15, -0.1) is 0 Å². The summed E-state index contributed by atoms with van der Waals surface area (Å²) in [6.45, 7) is 1.86. The zero-order valence-corrected chi connectivity index (χ0v) is 10.4. The molecule has 0 aliphatic carbocycles. The third-order valence-corrected chi connectivity index (χ3v) is 2.82. The molecule has 8 heteroatoms. The molecule has 0 atom stereocenters. The van der Waals surface area contributed by atoms with Crippen LogP contribution in [0.4, 0.5) is 13.2 Å². The largest absolute Gasteiger partial charge is 0.438 e. The van der Waals surface area contributed by atoms with Crippen molar-refractivity contribution >= 4 is 28.9 Å². The van der Waals surface area contributed by atoms with Crippen molar-refractivity contribution in [1.29, 1.82) is 0 Å². The Morgan fingerprint density at radius 2 is 2.18 bits per heavy atom. The van der Waals surface area contributed by atoms with E-state index in [2.05, 4.69) is 9.72 Å². The van der Waals surface area contributed by atoms with Crippen molar-refractivity contribution < 1.29 is 22.7 Å². The van der Waals surface area contributed by atoms with Gasteiger partial charge in [0.1, 0.15) is 0 Å². The molecule has 0 aromatic carbocycles. The topological polar surface area (TPSA) is 39.2 Å². The summed E-state index contributed by atoms with van der Waals surface area (Å²) in [5.74, 6) is -0.710. The highest BCUT2D eigenvalue weighted by Crippen LogP contribution is 2.41. The first-order chi connectivity index (χ1) is 7.84. The number of alkyl halides is 3. The Kier molecular flexibility index (Phi) is 4.76. The molecule has 0 radical (unpaired) electrons. The van der Waals surface area contributed by atoms with Crippen LogP contribution in [0, 0.1) is 0 Å². The van der Waals surface area contributed by atoms with E-state index >= 15 is 0 Å². The molecule has 0 fully saturated rings. The van der Waals surface area contributed by atoms with Crippen LogP contribution in [-0.4, -0.2) is 11.0 Å². The van der Waals surface area contributed by atoms with Gasteiger partial charge in [0, 0.05) is 6.42 Å². The van der Waals surface area contributed by atoms with Gasteiger partial charge < -0.3 is 4.74 Å². The van der Waals surface area contributed by atoms with Crippen LogP contribution in [0.25, 0.3) is 0 Å². The number of nitrogens with zero attached hydrogens (tertiary/aromatic N) is 1. The molecule has 96 valence electrons. The molecule has 1 rings (SSSR count). The number of ether oxygens (including phenoxy) is 1. The average Bonchev–Trinajstić information content (AvgIpc) is 2.56. The van der Waals surface area contributed by atoms with Gasteiger partial charge in [0.15, 0.2) is 4.47 Å². The second-order valence-corrected chi connectivity index (χ2v) is 4.72. The third-order valence-electron chi connectivity index (χ3n) is 1.78. The lowest BCUT2D eigenvalue weighted by atomic mass is 10.2. The van der Waals surface area contributed by atoms with Gasteiger partial charge in [0.25, 0.3) is 0 Å². The van der Waals surface area contributed by atoms with Crippen molar-refractivity contribution in [3.63, 3.8) is 0 Å². The Morgan fingerprint density at radius 3 is 2.71 bits per heavy atom. The van der Waals surface area contributed by atoms with E-state index in [0.717, 1.165) is 6.42 Å². The Labute approximate surface area is 105 Å². The fourth-order valence-electron chi connectivity index (χ4n) is 1.01. The number of carbonyl (C=O) groups is 1. The van der Waals surface area contributed by atoms with Crippen molar-refractivity contribution in [3.8, 4) is 5.06 Å². The number of hydrogen-bond donors (Lipinski definition) is 0. The summed E-state index contributed by atoms with van der Waals surface area (Å²) >= 11 is 5.87. The molecule has 0 bridgehead atoms. The highest BCUT2D eigenvalue weighted by Gasteiger charge is 2.39. The van der Waals surface area contributed by atoms with Gasteiger partial charge >= 0.3 is 12.1 Å². The summed E-state index contributed by atoms with van der Waals surface area (Å²) in [4.78, 5) is 14.3. The van der Waals surface area contributed by atoms with E-state index in [1.54, 1.807) is 0 Å². The number of rotatable bonds is 4. The van der Waals surface area contributed by atoms with Crippen LogP contribution in [-0.2, 0) is 11.0 Å². The fraction of sp³-hybridized carbons (Fsp3) is 0.556. The van der Waals surface area contributed by atoms with E-state index in [1.807, 2.05) is 6.92 Å². The molecule has 1 aromatic rings. The first-order valence-electron chi connectivity index (χ1n) is 4.78. The van der Waals surface area contributed by atoms with Gasteiger partial charge in [0.2, 0.25) is 10.8 Å². The van der Waals surface area contributed by atoms with Crippen LogP contribution >= 0.6 is 22.9 Å². The predicted octanol–water partition coefficient (Wildman–Crippen LogP) is 3.91. The Hall–Kier alpha value is -0.820. The number of hydrogen-bond acceptors (Lipinski definition) is 4. The summed E-state index contributed by atoms with van der Waals surface area (Å²) in [7, 11) is 0. The van der Waals surface area contributed by atoms with Gasteiger partial charge in [-0.25, -0.2) is 4.98 Å². The Balaban J connectivity index is 2.80. The van der Waals surface area contributed by atoms with Gasteiger partial charge in [0.05, 0.1) is 0 Å². The first kappa shape index (κ1) is 14.2. The smallest absolute Gasteiger partial charge is 0.413 e. The minimum Gasteiger partial charge on any atom is -0.413 e. The van der Waals surface area contributed by atoms with Crippen LogP contribution in [0.1, 0.15) is 31.9 Å². The van der Waals surface area contributed by atoms with E-state index in [1.165, 1.54) is 0 Å². The molecule has 3 nitrogen and oxygen atoms in total. The molecule has 0 saturated heterocycles. The Bertz CT molecular complexity index is 405. The number of carbonyl (C=O) groups excluding carboxylic acids is 1. The second-order valence-electron chi connectivity index (χ2n) is 3.18. The van der Waals surface area contributed by atoms with Gasteiger partial charge in [-0.2, -0.15) is 13.2 Å². The highest BCUT2D eigenvalue weighted by atomic mass is 35.5. The van der Waals surface area contributed by atoms with E-state index in [0.29, 0.717) is 17.8 Å². The van der Waals surface area contributed by atoms with Crippen LogP contribution in [0.5, 0.6) is 5.06 Å². The quantitative estimate of drug-likeness (QED) is 0.788. The maximum atomic E-state index is 12.5. The minimum absolute atomic E-state index is 0.0727. The molecule has 1 heterocycles. The van der Waals surface area contributed by atoms with E-state index in [4.69, 9.17) is 11.6 Å². The van der Waals surface area contributed by atoms with Crippen molar-refractivity contribution in [2.45, 2.75) is 32.4 Å². The lowest BCUT2D eigenvalue weighted by Gasteiger charge is -2.06. The summed E-state index contributed by atoms with van der Waals surface area (Å²) < 4.78 is 41.7. The number of esters is 1. The zero-order chi connectivity index (χ0) is 13.1.